The first-order valence-electron chi connectivity index (χ1n) is 9.01. The van der Waals surface area contributed by atoms with Gasteiger partial charge in [-0.15, -0.1) is 0 Å². The average Bonchev–Trinajstić information content (AvgIpc) is 2.97. The van der Waals surface area contributed by atoms with Gasteiger partial charge in [-0.1, -0.05) is 30.3 Å². The van der Waals surface area contributed by atoms with E-state index in [2.05, 4.69) is 4.90 Å². The van der Waals surface area contributed by atoms with E-state index in [-0.39, 0.29) is 23.5 Å². The zero-order valence-electron chi connectivity index (χ0n) is 15.4. The Morgan fingerprint density at radius 2 is 1.81 bits per heavy atom. The fourth-order valence-electron chi connectivity index (χ4n) is 3.52. The number of fused-ring (bicyclic) bond motifs is 1. The molecule has 3 rings (SSSR count). The predicted octanol–water partition coefficient (Wildman–Crippen LogP) is 2.42. The third kappa shape index (κ3) is 4.43. The molecule has 0 spiro atoms. The fourth-order valence-corrected chi connectivity index (χ4v) is 5.25. The molecule has 1 heterocycles. The van der Waals surface area contributed by atoms with Crippen molar-refractivity contribution >= 4 is 26.5 Å². The van der Waals surface area contributed by atoms with Gasteiger partial charge in [0.05, 0.1) is 11.5 Å². The lowest BCUT2D eigenvalue weighted by molar-refractivity contribution is 0.0690. The lowest BCUT2D eigenvalue weighted by Crippen LogP contribution is -2.42. The Hall–Kier alpha value is -1.92. The third-order valence-corrected chi connectivity index (χ3v) is 6.66. The summed E-state index contributed by atoms with van der Waals surface area (Å²) in [6, 6.07) is 13.4. The molecule has 0 N–H and O–H groups in total. The van der Waals surface area contributed by atoms with Crippen LogP contribution in [0.1, 0.15) is 23.2 Å². The number of amides is 1. The summed E-state index contributed by atoms with van der Waals surface area (Å²) in [5, 5.41) is 2.11. The van der Waals surface area contributed by atoms with Crippen molar-refractivity contribution in [2.45, 2.75) is 18.9 Å². The van der Waals surface area contributed by atoms with Gasteiger partial charge >= 0.3 is 0 Å². The molecule has 1 unspecified atom stereocenters. The van der Waals surface area contributed by atoms with Crippen LogP contribution >= 0.6 is 0 Å². The van der Waals surface area contributed by atoms with Gasteiger partial charge in [0.2, 0.25) is 0 Å². The van der Waals surface area contributed by atoms with Crippen LogP contribution in [0.3, 0.4) is 0 Å². The minimum atomic E-state index is -3.04. The number of benzene rings is 2. The molecule has 0 aliphatic carbocycles. The predicted molar refractivity (Wildman–Crippen MR) is 105 cm³/mol. The van der Waals surface area contributed by atoms with Gasteiger partial charge in [0.1, 0.15) is 0 Å². The molecule has 1 amide bonds. The summed E-state index contributed by atoms with van der Waals surface area (Å²) in [7, 11) is 0.955. The van der Waals surface area contributed by atoms with Gasteiger partial charge in [0.25, 0.3) is 5.91 Å². The highest BCUT2D eigenvalue weighted by Gasteiger charge is 2.34. The highest BCUT2D eigenvalue weighted by molar-refractivity contribution is 7.91. The fraction of sp³-hybridized carbons (Fsp3) is 0.450. The maximum atomic E-state index is 13.2. The molecule has 1 aliphatic rings. The van der Waals surface area contributed by atoms with Crippen LogP contribution in [0.15, 0.2) is 42.5 Å². The van der Waals surface area contributed by atoms with E-state index in [4.69, 9.17) is 0 Å². The average molecular weight is 375 g/mol. The monoisotopic (exact) mass is 374 g/mol. The van der Waals surface area contributed by atoms with Crippen molar-refractivity contribution in [2.24, 2.45) is 0 Å². The van der Waals surface area contributed by atoms with Gasteiger partial charge in [0, 0.05) is 18.2 Å². The van der Waals surface area contributed by atoms with Crippen LogP contribution in [0.25, 0.3) is 10.8 Å². The van der Waals surface area contributed by atoms with E-state index in [0.29, 0.717) is 18.5 Å². The van der Waals surface area contributed by atoms with Crippen LogP contribution in [0.4, 0.5) is 0 Å². The highest BCUT2D eigenvalue weighted by atomic mass is 32.2. The van der Waals surface area contributed by atoms with E-state index in [1.165, 1.54) is 0 Å². The maximum absolute atomic E-state index is 13.2. The van der Waals surface area contributed by atoms with Crippen LogP contribution in [0.5, 0.6) is 0 Å². The topological polar surface area (TPSA) is 57.7 Å². The van der Waals surface area contributed by atoms with Crippen molar-refractivity contribution in [1.29, 1.82) is 0 Å². The lowest BCUT2D eigenvalue weighted by Gasteiger charge is -2.29. The Morgan fingerprint density at radius 1 is 1.08 bits per heavy atom. The van der Waals surface area contributed by atoms with Crippen molar-refractivity contribution in [3.8, 4) is 0 Å². The Morgan fingerprint density at radius 3 is 2.46 bits per heavy atom. The lowest BCUT2D eigenvalue weighted by atomic mass is 10.1. The quantitative estimate of drug-likeness (QED) is 0.779. The molecular weight excluding hydrogens is 348 g/mol. The molecule has 6 heteroatoms. The van der Waals surface area contributed by atoms with Gasteiger partial charge in [-0.2, -0.15) is 0 Å². The van der Waals surface area contributed by atoms with Crippen LogP contribution in [-0.4, -0.2) is 68.9 Å². The number of rotatable bonds is 6. The zero-order chi connectivity index (χ0) is 18.7. The molecule has 0 aromatic heterocycles. The number of nitrogens with zero attached hydrogens (tertiary/aromatic N) is 2. The first-order chi connectivity index (χ1) is 12.4. The molecule has 1 fully saturated rings. The van der Waals surface area contributed by atoms with E-state index >= 15 is 0 Å². The Labute approximate surface area is 155 Å². The molecule has 1 aliphatic heterocycles. The van der Waals surface area contributed by atoms with Crippen molar-refractivity contribution in [2.75, 3.05) is 38.7 Å². The minimum Gasteiger partial charge on any atom is -0.335 e. The molecule has 0 bridgehead atoms. The van der Waals surface area contributed by atoms with Crippen LogP contribution in [0.2, 0.25) is 0 Å². The number of carbonyl (C=O) groups excluding carboxylic acids is 1. The number of hydrogen-bond donors (Lipinski definition) is 0. The molecule has 2 aromatic rings. The molecule has 26 heavy (non-hydrogen) atoms. The first kappa shape index (κ1) is 18.9. The van der Waals surface area contributed by atoms with Crippen LogP contribution in [-0.2, 0) is 9.84 Å². The van der Waals surface area contributed by atoms with Crippen LogP contribution in [0, 0.1) is 0 Å². The van der Waals surface area contributed by atoms with Gasteiger partial charge in [0.15, 0.2) is 9.84 Å². The number of hydrogen-bond acceptors (Lipinski definition) is 4. The number of carbonyl (C=O) groups is 1. The Balaban J connectivity index is 1.84. The smallest absolute Gasteiger partial charge is 0.254 e. The van der Waals surface area contributed by atoms with Gasteiger partial charge in [-0.05, 0) is 56.4 Å². The normalized spacial score (nSPS) is 19.1. The summed E-state index contributed by atoms with van der Waals surface area (Å²) in [5.41, 5.74) is 0.623. The summed E-state index contributed by atoms with van der Waals surface area (Å²) in [6.45, 7) is 1.44. The number of sulfone groups is 1. The third-order valence-electron chi connectivity index (χ3n) is 4.91. The SMILES string of the molecule is CN(C)CCCN(C(=O)c1ccc2ccccc2c1)C1CCS(=O)(=O)C1. The second-order valence-corrected chi connectivity index (χ2v) is 9.50. The Kier molecular flexibility index (Phi) is 5.63. The van der Waals surface area contributed by atoms with Crippen molar-refractivity contribution < 1.29 is 13.2 Å². The van der Waals surface area contributed by atoms with Crippen molar-refractivity contribution in [1.82, 2.24) is 9.80 Å². The van der Waals surface area contributed by atoms with Crippen molar-refractivity contribution in [3.63, 3.8) is 0 Å². The van der Waals surface area contributed by atoms with E-state index in [1.54, 1.807) is 4.90 Å². The molecule has 140 valence electrons. The summed E-state index contributed by atoms with van der Waals surface area (Å²) in [6.07, 6.45) is 1.35. The molecule has 1 atom stereocenters. The second-order valence-electron chi connectivity index (χ2n) is 7.27. The molecule has 0 saturated carbocycles. The molecular formula is C20H26N2O3S. The molecule has 0 radical (unpaired) electrons. The molecule has 1 saturated heterocycles. The van der Waals surface area contributed by atoms with Gasteiger partial charge in [-0.3, -0.25) is 4.79 Å². The summed E-state index contributed by atoms with van der Waals surface area (Å²) < 4.78 is 23.8. The van der Waals surface area contributed by atoms with E-state index < -0.39 is 9.84 Å². The summed E-state index contributed by atoms with van der Waals surface area (Å²) >= 11 is 0. The first-order valence-corrected chi connectivity index (χ1v) is 10.8. The van der Waals surface area contributed by atoms with Gasteiger partial charge < -0.3 is 9.80 Å². The standard InChI is InChI=1S/C20H26N2O3S/c1-21(2)11-5-12-22(19-10-13-26(24,25)15-19)20(23)18-9-8-16-6-3-4-7-17(16)14-18/h3-4,6-9,14,19H,5,10-13,15H2,1-2H3. The molecule has 2 aromatic carbocycles. The van der Waals surface area contributed by atoms with Crippen LogP contribution < -0.4 is 0 Å². The van der Waals surface area contributed by atoms with E-state index in [0.717, 1.165) is 23.7 Å². The molecule has 5 nitrogen and oxygen atoms in total. The van der Waals surface area contributed by atoms with Gasteiger partial charge in [-0.25, -0.2) is 8.42 Å². The second kappa shape index (κ2) is 7.76. The summed E-state index contributed by atoms with van der Waals surface area (Å²) in [5.74, 6) is 0.179. The Bertz CT molecular complexity index is 893. The minimum absolute atomic E-state index is 0.0726. The van der Waals surface area contributed by atoms with E-state index in [1.807, 2.05) is 56.6 Å². The highest BCUT2D eigenvalue weighted by Crippen LogP contribution is 2.22. The van der Waals surface area contributed by atoms with Crippen molar-refractivity contribution in [3.05, 3.63) is 48.0 Å². The zero-order valence-corrected chi connectivity index (χ0v) is 16.2. The maximum Gasteiger partial charge on any atom is 0.254 e. The largest absolute Gasteiger partial charge is 0.335 e. The summed E-state index contributed by atoms with van der Waals surface area (Å²) in [4.78, 5) is 17.0. The van der Waals surface area contributed by atoms with E-state index in [9.17, 15) is 13.2 Å².